The van der Waals surface area contributed by atoms with E-state index in [9.17, 15) is 9.18 Å². The minimum atomic E-state index is -0.690. The second-order valence-electron chi connectivity index (χ2n) is 7.84. The van der Waals surface area contributed by atoms with Gasteiger partial charge in [-0.05, 0) is 72.9 Å². The van der Waals surface area contributed by atoms with Crippen LogP contribution in [0.1, 0.15) is 67.4 Å². The molecule has 4 heteroatoms. The molecular formula is C27H30FNO2. The number of benzene rings is 2. The summed E-state index contributed by atoms with van der Waals surface area (Å²) in [6.07, 6.45) is 9.33. The zero-order chi connectivity index (χ0) is 22.1. The molecule has 3 nitrogen and oxygen atoms in total. The largest absolute Gasteiger partial charge is 0.423 e. The number of aromatic nitrogens is 1. The Balaban J connectivity index is 1.61. The van der Waals surface area contributed by atoms with E-state index in [1.165, 1.54) is 30.5 Å². The Morgan fingerprint density at radius 1 is 0.871 bits per heavy atom. The van der Waals surface area contributed by atoms with Crippen LogP contribution < -0.4 is 4.74 Å². The van der Waals surface area contributed by atoms with Crippen LogP contribution in [0.2, 0.25) is 0 Å². The highest BCUT2D eigenvalue weighted by molar-refractivity contribution is 5.91. The molecule has 3 rings (SSSR count). The van der Waals surface area contributed by atoms with Gasteiger partial charge in [0.05, 0.1) is 11.3 Å². The van der Waals surface area contributed by atoms with E-state index in [1.54, 1.807) is 12.1 Å². The number of aryl methyl sites for hydroxylation is 2. The molecule has 0 saturated carbocycles. The van der Waals surface area contributed by atoms with Gasteiger partial charge in [-0.1, -0.05) is 51.7 Å². The molecule has 0 radical (unpaired) electrons. The zero-order valence-corrected chi connectivity index (χ0v) is 18.4. The number of halogens is 1. The minimum absolute atomic E-state index is 0.0467. The quantitative estimate of drug-likeness (QED) is 0.198. The van der Waals surface area contributed by atoms with E-state index in [4.69, 9.17) is 4.74 Å². The molecule has 0 atom stereocenters. The SMILES string of the molecule is CCCCCCc1ccc(C(=O)Oc2ccc(-c3ccc(CCC)cn3)cc2)c(F)c1. The Bertz CT molecular complexity index is 981. The third-order valence-corrected chi connectivity index (χ3v) is 5.30. The van der Waals surface area contributed by atoms with E-state index in [0.717, 1.165) is 48.9 Å². The molecule has 0 N–H and O–H groups in total. The lowest BCUT2D eigenvalue weighted by molar-refractivity contribution is 0.0730. The predicted octanol–water partition coefficient (Wildman–Crippen LogP) is 7.18. The third kappa shape index (κ3) is 6.48. The summed E-state index contributed by atoms with van der Waals surface area (Å²) in [4.78, 5) is 16.9. The average Bonchev–Trinajstić information content (AvgIpc) is 2.78. The smallest absolute Gasteiger partial charge is 0.346 e. The summed E-state index contributed by atoms with van der Waals surface area (Å²) in [6, 6.07) is 15.9. The van der Waals surface area contributed by atoms with Gasteiger partial charge in [0.2, 0.25) is 0 Å². The minimum Gasteiger partial charge on any atom is -0.423 e. The summed E-state index contributed by atoms with van der Waals surface area (Å²) in [5, 5.41) is 0. The first-order valence-electron chi connectivity index (χ1n) is 11.2. The maximum Gasteiger partial charge on any atom is 0.346 e. The standard InChI is InChI=1S/C27H30FNO2/c1-3-5-6-7-9-20-10-16-24(25(28)18-20)27(30)31-23-14-12-22(13-15-23)26-17-11-21(8-4-2)19-29-26/h10-19H,3-9H2,1-2H3. The van der Waals surface area contributed by atoms with E-state index in [2.05, 4.69) is 24.9 Å². The highest BCUT2D eigenvalue weighted by atomic mass is 19.1. The number of carbonyl (C=O) groups is 1. The average molecular weight is 420 g/mol. The number of esters is 1. The van der Waals surface area contributed by atoms with E-state index in [0.29, 0.717) is 5.75 Å². The Labute approximate surface area is 184 Å². The van der Waals surface area contributed by atoms with Crippen molar-refractivity contribution in [3.8, 4) is 17.0 Å². The fourth-order valence-electron chi connectivity index (χ4n) is 3.52. The van der Waals surface area contributed by atoms with Crippen LogP contribution in [0.25, 0.3) is 11.3 Å². The van der Waals surface area contributed by atoms with Crippen molar-refractivity contribution >= 4 is 5.97 Å². The first-order valence-corrected chi connectivity index (χ1v) is 11.2. The van der Waals surface area contributed by atoms with Crippen molar-refractivity contribution in [2.75, 3.05) is 0 Å². The summed E-state index contributed by atoms with van der Waals surface area (Å²) < 4.78 is 19.8. The van der Waals surface area contributed by atoms with Gasteiger partial charge >= 0.3 is 5.97 Å². The summed E-state index contributed by atoms with van der Waals surface area (Å²) in [7, 11) is 0. The van der Waals surface area contributed by atoms with E-state index < -0.39 is 11.8 Å². The van der Waals surface area contributed by atoms with Crippen molar-refractivity contribution in [2.45, 2.75) is 58.8 Å². The third-order valence-electron chi connectivity index (χ3n) is 5.30. The van der Waals surface area contributed by atoms with Gasteiger partial charge < -0.3 is 4.74 Å². The molecule has 0 spiro atoms. The maximum atomic E-state index is 14.4. The molecule has 31 heavy (non-hydrogen) atoms. The number of hydrogen-bond donors (Lipinski definition) is 0. The van der Waals surface area contributed by atoms with Crippen molar-refractivity contribution in [3.05, 3.63) is 83.3 Å². The van der Waals surface area contributed by atoms with Crippen LogP contribution in [0.4, 0.5) is 4.39 Å². The maximum absolute atomic E-state index is 14.4. The molecule has 0 amide bonds. The lowest BCUT2D eigenvalue weighted by Crippen LogP contribution is -2.11. The normalized spacial score (nSPS) is 10.8. The van der Waals surface area contributed by atoms with Crippen LogP contribution in [-0.4, -0.2) is 11.0 Å². The van der Waals surface area contributed by atoms with Gasteiger partial charge in [-0.15, -0.1) is 0 Å². The molecular weight excluding hydrogens is 389 g/mol. The summed E-state index contributed by atoms with van der Waals surface area (Å²) in [5.74, 6) is -0.852. The van der Waals surface area contributed by atoms with E-state index in [1.807, 2.05) is 30.5 Å². The molecule has 1 heterocycles. The number of nitrogens with zero attached hydrogens (tertiary/aromatic N) is 1. The van der Waals surface area contributed by atoms with Crippen LogP contribution in [0.15, 0.2) is 60.8 Å². The second kappa shape index (κ2) is 11.4. The van der Waals surface area contributed by atoms with Gasteiger partial charge in [0, 0.05) is 11.8 Å². The predicted molar refractivity (Wildman–Crippen MR) is 123 cm³/mol. The molecule has 0 saturated heterocycles. The van der Waals surface area contributed by atoms with Gasteiger partial charge in [-0.25, -0.2) is 9.18 Å². The molecule has 0 aliphatic carbocycles. The fourth-order valence-corrected chi connectivity index (χ4v) is 3.52. The Hall–Kier alpha value is -3.01. The van der Waals surface area contributed by atoms with Gasteiger partial charge in [0.1, 0.15) is 11.6 Å². The molecule has 3 aromatic rings. The van der Waals surface area contributed by atoms with Gasteiger partial charge in [-0.2, -0.15) is 0 Å². The second-order valence-corrected chi connectivity index (χ2v) is 7.84. The van der Waals surface area contributed by atoms with Crippen molar-refractivity contribution in [1.29, 1.82) is 0 Å². The Morgan fingerprint density at radius 2 is 1.65 bits per heavy atom. The zero-order valence-electron chi connectivity index (χ0n) is 18.4. The summed E-state index contributed by atoms with van der Waals surface area (Å²) in [5.41, 5.74) is 3.87. The number of hydrogen-bond acceptors (Lipinski definition) is 3. The van der Waals surface area contributed by atoms with E-state index >= 15 is 0 Å². The van der Waals surface area contributed by atoms with Gasteiger partial charge in [0.15, 0.2) is 0 Å². The molecule has 0 unspecified atom stereocenters. The summed E-state index contributed by atoms with van der Waals surface area (Å²) in [6.45, 7) is 4.30. The Kier molecular flexibility index (Phi) is 8.34. The van der Waals surface area contributed by atoms with Crippen LogP contribution >= 0.6 is 0 Å². The van der Waals surface area contributed by atoms with Crippen molar-refractivity contribution in [1.82, 2.24) is 4.98 Å². The molecule has 0 aliphatic heterocycles. The molecule has 2 aromatic carbocycles. The Morgan fingerprint density at radius 3 is 2.29 bits per heavy atom. The molecule has 1 aromatic heterocycles. The number of pyridine rings is 1. The van der Waals surface area contributed by atoms with Crippen molar-refractivity contribution < 1.29 is 13.9 Å². The van der Waals surface area contributed by atoms with Crippen LogP contribution in [0, 0.1) is 5.82 Å². The lowest BCUT2D eigenvalue weighted by atomic mass is 10.0. The monoisotopic (exact) mass is 419 g/mol. The first-order chi connectivity index (χ1) is 15.1. The topological polar surface area (TPSA) is 39.2 Å². The molecule has 0 fully saturated rings. The molecule has 0 aliphatic rings. The summed E-state index contributed by atoms with van der Waals surface area (Å²) >= 11 is 0. The van der Waals surface area contributed by atoms with E-state index in [-0.39, 0.29) is 5.56 Å². The number of ether oxygens (including phenoxy) is 1. The lowest BCUT2D eigenvalue weighted by Gasteiger charge is -2.08. The van der Waals surface area contributed by atoms with Crippen LogP contribution in [0.5, 0.6) is 5.75 Å². The molecule has 0 bridgehead atoms. The molecule has 162 valence electrons. The van der Waals surface area contributed by atoms with Crippen molar-refractivity contribution in [3.63, 3.8) is 0 Å². The van der Waals surface area contributed by atoms with Gasteiger partial charge in [0.25, 0.3) is 0 Å². The number of unbranched alkanes of at least 4 members (excludes halogenated alkanes) is 3. The van der Waals surface area contributed by atoms with Gasteiger partial charge in [-0.3, -0.25) is 4.98 Å². The highest BCUT2D eigenvalue weighted by Crippen LogP contribution is 2.22. The van der Waals surface area contributed by atoms with Crippen LogP contribution in [0.3, 0.4) is 0 Å². The number of rotatable bonds is 10. The fraction of sp³-hybridized carbons (Fsp3) is 0.333. The highest BCUT2D eigenvalue weighted by Gasteiger charge is 2.15. The number of carbonyl (C=O) groups excluding carboxylic acids is 1. The van der Waals surface area contributed by atoms with Crippen LogP contribution in [-0.2, 0) is 12.8 Å². The first kappa shape index (κ1) is 22.7. The van der Waals surface area contributed by atoms with Crippen molar-refractivity contribution in [2.24, 2.45) is 0 Å².